The van der Waals surface area contributed by atoms with Crippen LogP contribution in [-0.4, -0.2) is 20.0 Å². The van der Waals surface area contributed by atoms with Crippen molar-refractivity contribution in [2.45, 2.75) is 12.3 Å². The lowest BCUT2D eigenvalue weighted by molar-refractivity contribution is -0.136. The van der Waals surface area contributed by atoms with Crippen LogP contribution in [0.3, 0.4) is 0 Å². The second-order valence-corrected chi connectivity index (χ2v) is 5.85. The number of hydrogen-bond donors (Lipinski definition) is 1. The highest BCUT2D eigenvalue weighted by Gasteiger charge is 2.32. The van der Waals surface area contributed by atoms with E-state index in [1.54, 1.807) is 42.5 Å². The molecule has 27 heavy (non-hydrogen) atoms. The van der Waals surface area contributed by atoms with Gasteiger partial charge < -0.3 is 14.2 Å². The minimum atomic E-state index is -1.42. The van der Waals surface area contributed by atoms with Crippen LogP contribution >= 0.6 is 11.6 Å². The SMILES string of the molecule is C#CCOC(C=O)(NCc1ccc(OC#C)c(OC)c1)c1ccc(Cl)cc1. The molecule has 0 amide bonds. The largest absolute Gasteiger partial charge is 0.493 e. The van der Waals surface area contributed by atoms with Crippen molar-refractivity contribution in [3.8, 4) is 36.4 Å². The molecular formula is C21H18ClNO4. The third-order valence-corrected chi connectivity index (χ3v) is 4.03. The van der Waals surface area contributed by atoms with Crippen LogP contribution in [0.15, 0.2) is 42.5 Å². The van der Waals surface area contributed by atoms with Gasteiger partial charge in [-0.15, -0.1) is 6.42 Å². The molecule has 138 valence electrons. The van der Waals surface area contributed by atoms with Gasteiger partial charge in [0.15, 0.2) is 17.8 Å². The van der Waals surface area contributed by atoms with Gasteiger partial charge in [0, 0.05) is 17.1 Å². The van der Waals surface area contributed by atoms with Crippen LogP contribution in [0, 0.1) is 24.9 Å². The predicted octanol–water partition coefficient (Wildman–Crippen LogP) is 3.11. The van der Waals surface area contributed by atoms with Gasteiger partial charge in [-0.3, -0.25) is 10.1 Å². The first-order valence-electron chi connectivity index (χ1n) is 7.92. The number of carbonyl (C=O) groups excluding carboxylic acids is 1. The molecule has 1 unspecified atom stereocenters. The Kier molecular flexibility index (Phi) is 7.28. The molecule has 0 bridgehead atoms. The number of benzene rings is 2. The maximum absolute atomic E-state index is 11.9. The number of nitrogens with one attached hydrogen (secondary N) is 1. The first-order chi connectivity index (χ1) is 13.1. The zero-order valence-corrected chi connectivity index (χ0v) is 15.5. The van der Waals surface area contributed by atoms with Crippen molar-refractivity contribution in [1.29, 1.82) is 0 Å². The second-order valence-electron chi connectivity index (χ2n) is 5.41. The quantitative estimate of drug-likeness (QED) is 0.409. The molecular weight excluding hydrogens is 366 g/mol. The molecule has 0 radical (unpaired) electrons. The summed E-state index contributed by atoms with van der Waals surface area (Å²) in [4.78, 5) is 11.9. The van der Waals surface area contributed by atoms with Gasteiger partial charge in [0.1, 0.15) is 12.7 Å². The van der Waals surface area contributed by atoms with Crippen molar-refractivity contribution in [2.75, 3.05) is 13.7 Å². The van der Waals surface area contributed by atoms with Gasteiger partial charge in [0.25, 0.3) is 0 Å². The third kappa shape index (κ3) is 5.03. The van der Waals surface area contributed by atoms with Crippen molar-refractivity contribution < 1.29 is 19.0 Å². The number of halogens is 1. The number of ether oxygens (including phenoxy) is 3. The molecule has 0 fully saturated rings. The lowest BCUT2D eigenvalue weighted by Crippen LogP contribution is -2.46. The van der Waals surface area contributed by atoms with Crippen molar-refractivity contribution >= 4 is 17.9 Å². The topological polar surface area (TPSA) is 56.8 Å². The summed E-state index contributed by atoms with van der Waals surface area (Å²) in [5.41, 5.74) is -0.0184. The van der Waals surface area contributed by atoms with Crippen molar-refractivity contribution in [3.63, 3.8) is 0 Å². The monoisotopic (exact) mass is 383 g/mol. The maximum Gasteiger partial charge on any atom is 0.203 e. The van der Waals surface area contributed by atoms with E-state index in [0.29, 0.717) is 34.9 Å². The molecule has 5 nitrogen and oxygen atoms in total. The Morgan fingerprint density at radius 1 is 1.19 bits per heavy atom. The second kappa shape index (κ2) is 9.66. The zero-order chi connectivity index (χ0) is 19.7. The number of carbonyl (C=O) groups is 1. The highest BCUT2D eigenvalue weighted by Crippen LogP contribution is 2.29. The van der Waals surface area contributed by atoms with Crippen molar-refractivity contribution in [1.82, 2.24) is 5.32 Å². The van der Waals surface area contributed by atoms with E-state index in [1.165, 1.54) is 7.11 Å². The summed E-state index contributed by atoms with van der Waals surface area (Å²) >= 11 is 5.93. The molecule has 0 aliphatic heterocycles. The number of rotatable bonds is 9. The van der Waals surface area contributed by atoms with Gasteiger partial charge in [-0.2, -0.15) is 0 Å². The summed E-state index contributed by atoms with van der Waals surface area (Å²) in [5, 5.41) is 3.65. The van der Waals surface area contributed by atoms with Gasteiger partial charge in [-0.1, -0.05) is 42.1 Å². The Hall–Kier alpha value is -2.96. The average molecular weight is 384 g/mol. The molecule has 1 atom stereocenters. The molecule has 0 aliphatic carbocycles. The Bertz CT molecular complexity index is 867. The van der Waals surface area contributed by atoms with E-state index in [4.69, 9.17) is 38.7 Å². The van der Waals surface area contributed by atoms with E-state index in [-0.39, 0.29) is 6.61 Å². The van der Waals surface area contributed by atoms with Gasteiger partial charge in [0.2, 0.25) is 5.72 Å². The number of hydrogen-bond acceptors (Lipinski definition) is 5. The zero-order valence-electron chi connectivity index (χ0n) is 14.7. The molecule has 0 saturated heterocycles. The minimum Gasteiger partial charge on any atom is -0.493 e. The fourth-order valence-corrected chi connectivity index (χ4v) is 2.56. The van der Waals surface area contributed by atoms with E-state index in [1.807, 2.05) is 0 Å². The first kappa shape index (κ1) is 20.4. The van der Waals surface area contributed by atoms with E-state index in [0.717, 1.165) is 5.56 Å². The molecule has 0 heterocycles. The highest BCUT2D eigenvalue weighted by atomic mass is 35.5. The van der Waals surface area contributed by atoms with Crippen LogP contribution in [-0.2, 0) is 21.8 Å². The highest BCUT2D eigenvalue weighted by molar-refractivity contribution is 6.30. The first-order valence-corrected chi connectivity index (χ1v) is 8.30. The summed E-state index contributed by atoms with van der Waals surface area (Å²) in [6.07, 6.45) is 13.2. The number of methoxy groups -OCH3 is 1. The Labute approximate surface area is 163 Å². The van der Waals surface area contributed by atoms with Gasteiger partial charge in [0.05, 0.1) is 7.11 Å². The third-order valence-electron chi connectivity index (χ3n) is 3.77. The van der Waals surface area contributed by atoms with Crippen LogP contribution in [0.5, 0.6) is 11.5 Å². The van der Waals surface area contributed by atoms with E-state index < -0.39 is 5.72 Å². The molecule has 0 aromatic heterocycles. The van der Waals surface area contributed by atoms with Crippen LogP contribution in [0.2, 0.25) is 5.02 Å². The van der Waals surface area contributed by atoms with Crippen LogP contribution in [0.1, 0.15) is 11.1 Å². The lowest BCUT2D eigenvalue weighted by Gasteiger charge is -2.29. The van der Waals surface area contributed by atoms with Crippen molar-refractivity contribution in [3.05, 3.63) is 58.6 Å². The van der Waals surface area contributed by atoms with E-state index in [9.17, 15) is 4.79 Å². The fourth-order valence-electron chi connectivity index (χ4n) is 2.44. The molecule has 1 N–H and O–H groups in total. The summed E-state index contributed by atoms with van der Waals surface area (Å²) < 4.78 is 16.0. The lowest BCUT2D eigenvalue weighted by atomic mass is 10.0. The summed E-state index contributed by atoms with van der Waals surface area (Å²) in [7, 11) is 1.51. The molecule has 0 saturated carbocycles. The molecule has 0 aliphatic rings. The Morgan fingerprint density at radius 2 is 1.93 bits per heavy atom. The van der Waals surface area contributed by atoms with Gasteiger partial charge in [-0.05, 0) is 29.8 Å². The maximum atomic E-state index is 11.9. The Morgan fingerprint density at radius 3 is 2.52 bits per heavy atom. The van der Waals surface area contributed by atoms with Crippen LogP contribution in [0.25, 0.3) is 0 Å². The van der Waals surface area contributed by atoms with Gasteiger partial charge in [-0.25, -0.2) is 0 Å². The van der Waals surface area contributed by atoms with E-state index >= 15 is 0 Å². The van der Waals surface area contributed by atoms with Gasteiger partial charge >= 0.3 is 0 Å². The molecule has 2 rings (SSSR count). The summed E-state index contributed by atoms with van der Waals surface area (Å²) in [6.45, 7) is 0.241. The molecule has 2 aromatic carbocycles. The Balaban J connectivity index is 2.28. The van der Waals surface area contributed by atoms with E-state index in [2.05, 4.69) is 17.3 Å². The minimum absolute atomic E-state index is 0.0490. The number of aldehydes is 1. The number of terminal acetylenes is 2. The van der Waals surface area contributed by atoms with Crippen LogP contribution < -0.4 is 14.8 Å². The van der Waals surface area contributed by atoms with Crippen LogP contribution in [0.4, 0.5) is 0 Å². The predicted molar refractivity (Wildman–Crippen MR) is 103 cm³/mol. The molecule has 6 heteroatoms. The smallest absolute Gasteiger partial charge is 0.203 e. The molecule has 2 aromatic rings. The fraction of sp³-hybridized carbons (Fsp3) is 0.190. The summed E-state index contributed by atoms with van der Waals surface area (Å²) in [6, 6.07) is 12.0. The molecule has 0 spiro atoms. The average Bonchev–Trinajstić information content (AvgIpc) is 2.70. The van der Waals surface area contributed by atoms with Crippen molar-refractivity contribution in [2.24, 2.45) is 0 Å². The standard InChI is InChI=1S/C21H18ClNO4/c1-4-12-27-21(15-24,17-7-9-18(22)10-8-17)23-14-16-6-11-19(26-5-2)20(13-16)25-3/h1-2,6-11,13,15,23H,12,14H2,3H3. The normalized spacial score (nSPS) is 12.3. The summed E-state index contributed by atoms with van der Waals surface area (Å²) in [5.74, 6) is 3.27.